The minimum absolute atomic E-state index is 0.0677. The van der Waals surface area contributed by atoms with Crippen molar-refractivity contribution in [1.29, 1.82) is 0 Å². The number of carbonyl (C=O) groups excluding carboxylic acids is 1. The van der Waals surface area contributed by atoms with E-state index in [0.717, 1.165) is 32.5 Å². The first-order valence-corrected chi connectivity index (χ1v) is 12.5. The fraction of sp³-hybridized carbons (Fsp3) is 0.435. The lowest BCUT2D eigenvalue weighted by molar-refractivity contribution is 0.0761. The molecule has 0 aliphatic carbocycles. The lowest BCUT2D eigenvalue weighted by atomic mass is 10.1. The second-order valence-corrected chi connectivity index (χ2v) is 9.72. The molecule has 0 aromatic heterocycles. The number of rotatable bonds is 7. The van der Waals surface area contributed by atoms with E-state index >= 15 is 0 Å². The zero-order valence-electron chi connectivity index (χ0n) is 18.2. The minimum atomic E-state index is -3.84. The fourth-order valence-electron chi connectivity index (χ4n) is 3.94. The van der Waals surface area contributed by atoms with Crippen molar-refractivity contribution < 1.29 is 22.7 Å². The van der Waals surface area contributed by atoms with Gasteiger partial charge in [0.1, 0.15) is 0 Å². The number of nitrogens with zero attached hydrogens (tertiary/aromatic N) is 2. The highest BCUT2D eigenvalue weighted by molar-refractivity contribution is 7.92. The van der Waals surface area contributed by atoms with Crippen molar-refractivity contribution in [3.63, 3.8) is 0 Å². The Labute approximate surface area is 189 Å². The summed E-state index contributed by atoms with van der Waals surface area (Å²) in [5.41, 5.74) is 0.811. The molecule has 172 valence electrons. The van der Waals surface area contributed by atoms with Crippen LogP contribution in [0.2, 0.25) is 0 Å². The van der Waals surface area contributed by atoms with Gasteiger partial charge >= 0.3 is 0 Å². The van der Waals surface area contributed by atoms with E-state index in [1.807, 2.05) is 4.90 Å². The van der Waals surface area contributed by atoms with Crippen LogP contribution in [0.1, 0.15) is 36.5 Å². The number of fused-ring (bicyclic) bond motifs is 1. The molecule has 0 spiro atoms. The van der Waals surface area contributed by atoms with E-state index in [-0.39, 0.29) is 17.6 Å². The summed E-state index contributed by atoms with van der Waals surface area (Å²) in [6.07, 6.45) is 3.26. The van der Waals surface area contributed by atoms with Gasteiger partial charge in [-0.1, -0.05) is 19.4 Å². The number of sulfonamides is 1. The van der Waals surface area contributed by atoms with Gasteiger partial charge in [-0.2, -0.15) is 0 Å². The maximum atomic E-state index is 13.1. The molecule has 0 saturated carbocycles. The zero-order valence-corrected chi connectivity index (χ0v) is 19.1. The first-order valence-electron chi connectivity index (χ1n) is 11.0. The van der Waals surface area contributed by atoms with Crippen LogP contribution >= 0.6 is 0 Å². The van der Waals surface area contributed by atoms with E-state index in [1.165, 1.54) is 18.6 Å². The fourth-order valence-corrected chi connectivity index (χ4v) is 5.00. The van der Waals surface area contributed by atoms with Gasteiger partial charge in [0.2, 0.25) is 6.79 Å². The van der Waals surface area contributed by atoms with Crippen molar-refractivity contribution in [3.8, 4) is 11.5 Å². The summed E-state index contributed by atoms with van der Waals surface area (Å²) in [5.74, 6) is 0.833. The molecule has 8 nitrogen and oxygen atoms in total. The average molecular weight is 460 g/mol. The number of unbranched alkanes of at least 4 members (excludes halogenated alkanes) is 1. The van der Waals surface area contributed by atoms with Gasteiger partial charge in [-0.15, -0.1) is 0 Å². The van der Waals surface area contributed by atoms with Gasteiger partial charge in [-0.3, -0.25) is 9.52 Å². The molecule has 2 heterocycles. The monoisotopic (exact) mass is 459 g/mol. The van der Waals surface area contributed by atoms with E-state index < -0.39 is 10.0 Å². The van der Waals surface area contributed by atoms with E-state index in [2.05, 4.69) is 16.5 Å². The summed E-state index contributed by atoms with van der Waals surface area (Å²) in [4.78, 5) is 17.4. The number of anilines is 1. The normalized spacial score (nSPS) is 16.6. The Morgan fingerprint density at radius 1 is 1.03 bits per heavy atom. The summed E-state index contributed by atoms with van der Waals surface area (Å²) < 4.78 is 38.8. The standard InChI is InChI=1S/C23H29N3O5S/c1-2-3-10-25-11-5-12-26(14-13-25)23(27)18-6-4-7-19(15-18)24-32(28,29)20-8-9-21-22(16-20)31-17-30-21/h4,6-9,15-16,24H,2-3,5,10-14,17H2,1H3. The molecule has 0 atom stereocenters. The molecule has 1 saturated heterocycles. The molecule has 2 aliphatic heterocycles. The van der Waals surface area contributed by atoms with Gasteiger partial charge in [0.05, 0.1) is 4.90 Å². The molecule has 1 N–H and O–H groups in total. The molecule has 2 aromatic carbocycles. The number of carbonyl (C=O) groups is 1. The van der Waals surface area contributed by atoms with Crippen molar-refractivity contribution in [2.75, 3.05) is 44.2 Å². The summed E-state index contributed by atoms with van der Waals surface area (Å²) in [6, 6.07) is 11.1. The number of hydrogen-bond donors (Lipinski definition) is 1. The summed E-state index contributed by atoms with van der Waals surface area (Å²) >= 11 is 0. The van der Waals surface area contributed by atoms with Crippen molar-refractivity contribution in [1.82, 2.24) is 9.80 Å². The topological polar surface area (TPSA) is 88.2 Å². The molecule has 1 amide bonds. The predicted octanol–water partition coefficient (Wildman–Crippen LogP) is 3.16. The molecule has 9 heteroatoms. The lowest BCUT2D eigenvalue weighted by Gasteiger charge is -2.22. The van der Waals surface area contributed by atoms with Crippen LogP contribution in [0.25, 0.3) is 0 Å². The Morgan fingerprint density at radius 3 is 2.72 bits per heavy atom. The summed E-state index contributed by atoms with van der Waals surface area (Å²) in [7, 11) is -3.84. The van der Waals surface area contributed by atoms with Crippen molar-refractivity contribution >= 4 is 21.6 Å². The molecule has 0 bridgehead atoms. The lowest BCUT2D eigenvalue weighted by Crippen LogP contribution is -2.35. The quantitative estimate of drug-likeness (QED) is 0.684. The highest BCUT2D eigenvalue weighted by Gasteiger charge is 2.23. The third-order valence-corrected chi connectivity index (χ3v) is 7.10. The van der Waals surface area contributed by atoms with Crippen molar-refractivity contribution in [2.24, 2.45) is 0 Å². The molecule has 1 fully saturated rings. The maximum absolute atomic E-state index is 13.1. The highest BCUT2D eigenvalue weighted by atomic mass is 32.2. The number of amides is 1. The van der Waals surface area contributed by atoms with E-state index in [4.69, 9.17) is 9.47 Å². The number of hydrogen-bond acceptors (Lipinski definition) is 6. The second-order valence-electron chi connectivity index (χ2n) is 8.04. The Bertz CT molecular complexity index is 1070. The molecule has 4 rings (SSSR count). The van der Waals surface area contributed by atoms with Crippen LogP contribution in [-0.2, 0) is 10.0 Å². The average Bonchev–Trinajstić information content (AvgIpc) is 3.14. The third kappa shape index (κ3) is 5.16. The van der Waals surface area contributed by atoms with Gasteiger partial charge < -0.3 is 19.3 Å². The number of benzene rings is 2. The van der Waals surface area contributed by atoms with Gasteiger partial charge in [0, 0.05) is 37.0 Å². The Kier molecular flexibility index (Phi) is 6.86. The number of ether oxygens (including phenoxy) is 2. The third-order valence-electron chi connectivity index (χ3n) is 5.72. The second kappa shape index (κ2) is 9.79. The molecular formula is C23H29N3O5S. The summed E-state index contributed by atoms with van der Waals surface area (Å²) in [5, 5.41) is 0. The van der Waals surface area contributed by atoms with Crippen LogP contribution in [-0.4, -0.2) is 63.6 Å². The van der Waals surface area contributed by atoms with Crippen molar-refractivity contribution in [2.45, 2.75) is 31.1 Å². The SMILES string of the molecule is CCCCN1CCCN(C(=O)c2cccc(NS(=O)(=O)c3ccc4c(c3)OCO4)c2)CC1. The largest absolute Gasteiger partial charge is 0.454 e. The minimum Gasteiger partial charge on any atom is -0.454 e. The van der Waals surface area contributed by atoms with Gasteiger partial charge in [0.25, 0.3) is 15.9 Å². The first kappa shape index (κ1) is 22.4. The van der Waals surface area contributed by atoms with Crippen molar-refractivity contribution in [3.05, 3.63) is 48.0 Å². The van der Waals surface area contributed by atoms with E-state index in [0.29, 0.717) is 35.8 Å². The van der Waals surface area contributed by atoms with Crippen LogP contribution in [0.5, 0.6) is 11.5 Å². The molecule has 2 aromatic rings. The van der Waals surface area contributed by atoms with Gasteiger partial charge in [-0.05, 0) is 56.3 Å². The zero-order chi connectivity index (χ0) is 22.6. The molecule has 0 unspecified atom stereocenters. The number of nitrogens with one attached hydrogen (secondary N) is 1. The Balaban J connectivity index is 1.44. The van der Waals surface area contributed by atoms with Crippen LogP contribution in [0, 0.1) is 0 Å². The van der Waals surface area contributed by atoms with Gasteiger partial charge in [0.15, 0.2) is 11.5 Å². The van der Waals surface area contributed by atoms with Crippen LogP contribution < -0.4 is 14.2 Å². The Morgan fingerprint density at radius 2 is 1.88 bits per heavy atom. The van der Waals surface area contributed by atoms with Crippen LogP contribution in [0.15, 0.2) is 47.4 Å². The van der Waals surface area contributed by atoms with E-state index in [1.54, 1.807) is 30.3 Å². The predicted molar refractivity (Wildman–Crippen MR) is 122 cm³/mol. The first-order chi connectivity index (χ1) is 15.5. The summed E-state index contributed by atoms with van der Waals surface area (Å²) in [6.45, 7) is 6.56. The maximum Gasteiger partial charge on any atom is 0.262 e. The molecule has 32 heavy (non-hydrogen) atoms. The molecule has 0 radical (unpaired) electrons. The van der Waals surface area contributed by atoms with E-state index in [9.17, 15) is 13.2 Å². The molecular weight excluding hydrogens is 430 g/mol. The van der Waals surface area contributed by atoms with Crippen LogP contribution in [0.3, 0.4) is 0 Å². The highest BCUT2D eigenvalue weighted by Crippen LogP contribution is 2.34. The smallest absolute Gasteiger partial charge is 0.262 e. The van der Waals surface area contributed by atoms with Gasteiger partial charge in [-0.25, -0.2) is 8.42 Å². The van der Waals surface area contributed by atoms with Crippen LogP contribution in [0.4, 0.5) is 5.69 Å². The molecule has 2 aliphatic rings. The Hall–Kier alpha value is -2.78.